The van der Waals surface area contributed by atoms with E-state index in [4.69, 9.17) is 4.74 Å². The Labute approximate surface area is 250 Å². The summed E-state index contributed by atoms with van der Waals surface area (Å²) in [5, 5.41) is 9.41. The predicted molar refractivity (Wildman–Crippen MR) is 165 cm³/mol. The number of hydrogen-bond donors (Lipinski definition) is 3. The summed E-state index contributed by atoms with van der Waals surface area (Å²) in [6.45, 7) is 7.71. The van der Waals surface area contributed by atoms with Crippen LogP contribution in [0.25, 0.3) is 0 Å². The molecule has 4 rings (SSSR count). The van der Waals surface area contributed by atoms with Gasteiger partial charge in [-0.25, -0.2) is 4.58 Å². The molecule has 2 amide bonds. The summed E-state index contributed by atoms with van der Waals surface area (Å²) in [6.07, 6.45) is 7.86. The first-order chi connectivity index (χ1) is 20.4. The van der Waals surface area contributed by atoms with Crippen LogP contribution in [-0.2, 0) is 25.7 Å². The van der Waals surface area contributed by atoms with Crippen molar-refractivity contribution in [3.05, 3.63) is 65.7 Å². The summed E-state index contributed by atoms with van der Waals surface area (Å²) in [6, 6.07) is 15.9. The van der Waals surface area contributed by atoms with Gasteiger partial charge in [0.05, 0.1) is 12.0 Å². The van der Waals surface area contributed by atoms with Crippen molar-refractivity contribution in [2.45, 2.75) is 96.4 Å². The van der Waals surface area contributed by atoms with Crippen LogP contribution in [0.1, 0.15) is 82.8 Å². The van der Waals surface area contributed by atoms with Gasteiger partial charge in [-0.1, -0.05) is 75.7 Å². The van der Waals surface area contributed by atoms with E-state index in [1.807, 2.05) is 63.2 Å². The fourth-order valence-electron chi connectivity index (χ4n) is 5.82. The molecule has 0 aromatic heterocycles. The van der Waals surface area contributed by atoms with Crippen LogP contribution >= 0.6 is 0 Å². The number of amides is 2. The summed E-state index contributed by atoms with van der Waals surface area (Å²) < 4.78 is 7.89. The molecule has 0 saturated carbocycles. The zero-order valence-corrected chi connectivity index (χ0v) is 25.3. The largest absolute Gasteiger partial charge is 0.460 e. The van der Waals surface area contributed by atoms with Crippen LogP contribution in [0.3, 0.4) is 0 Å². The number of carbonyl (C=O) groups excluding carboxylic acids is 3. The van der Waals surface area contributed by atoms with E-state index in [0.29, 0.717) is 25.8 Å². The van der Waals surface area contributed by atoms with Crippen LogP contribution in [0.5, 0.6) is 0 Å². The number of esters is 1. The van der Waals surface area contributed by atoms with Crippen LogP contribution in [0.2, 0.25) is 0 Å². The first-order valence-electron chi connectivity index (χ1n) is 15.6. The Kier molecular flexibility index (Phi) is 11.7. The van der Waals surface area contributed by atoms with Crippen LogP contribution < -0.4 is 16.0 Å². The van der Waals surface area contributed by atoms with E-state index in [0.717, 1.165) is 37.8 Å². The van der Waals surface area contributed by atoms with Gasteiger partial charge in [-0.3, -0.25) is 19.7 Å². The van der Waals surface area contributed by atoms with Crippen LogP contribution in [-0.4, -0.2) is 59.8 Å². The maximum Gasteiger partial charge on any atom is 0.323 e. The molecule has 42 heavy (non-hydrogen) atoms. The Morgan fingerprint density at radius 1 is 1.00 bits per heavy atom. The second-order valence-corrected chi connectivity index (χ2v) is 11.9. The van der Waals surface area contributed by atoms with Crippen LogP contribution in [0, 0.1) is 5.92 Å². The highest BCUT2D eigenvalue weighted by atomic mass is 16.5. The molecule has 0 spiro atoms. The van der Waals surface area contributed by atoms with E-state index in [2.05, 4.69) is 38.9 Å². The summed E-state index contributed by atoms with van der Waals surface area (Å²) in [5.74, 6) is -0.607. The van der Waals surface area contributed by atoms with Crippen molar-refractivity contribution in [1.82, 2.24) is 16.0 Å². The van der Waals surface area contributed by atoms with Gasteiger partial charge in [0.1, 0.15) is 25.2 Å². The molecular weight excluding hydrogens is 528 g/mol. The van der Waals surface area contributed by atoms with Gasteiger partial charge in [-0.2, -0.15) is 0 Å². The van der Waals surface area contributed by atoms with E-state index in [1.54, 1.807) is 0 Å². The molecule has 2 bridgehead atoms. The van der Waals surface area contributed by atoms with E-state index >= 15 is 0 Å². The average Bonchev–Trinajstić information content (AvgIpc) is 3.34. The molecular formula is C34H47N4O4+. The number of nitrogens with one attached hydrogen (secondary N) is 3. The second-order valence-electron chi connectivity index (χ2n) is 11.9. The number of nitrogens with zero attached hydrogens (tertiary/aromatic N) is 1. The molecule has 2 aromatic carbocycles. The number of benzene rings is 2. The van der Waals surface area contributed by atoms with Gasteiger partial charge in [0.25, 0.3) is 0 Å². The lowest BCUT2D eigenvalue weighted by Gasteiger charge is -2.27. The minimum atomic E-state index is -0.700. The third kappa shape index (κ3) is 8.74. The summed E-state index contributed by atoms with van der Waals surface area (Å²) in [7, 11) is 0. The smallest absolute Gasteiger partial charge is 0.323 e. The maximum atomic E-state index is 13.8. The second kappa shape index (κ2) is 15.6. The maximum absolute atomic E-state index is 13.8. The standard InChI is InChI=1S/C34H46N4O4/c1-4-28(34(41)42-23-25-14-8-7-9-15-25)36-29(20-24(2)3)33(40)37-30-21-26-22-38(31-17-11-10-16-27(26)31)19-13-6-5-12-18-35-32(30)39/h7-11,14-17,22,24,26,28-30,36H,4-6,12-13,18-21,23H2,1-3H3,(H-,35,37,39,40)/p+1/t26?,28-,29-,30+/m1/s1. The van der Waals surface area contributed by atoms with Gasteiger partial charge in [0, 0.05) is 24.6 Å². The third-order valence-corrected chi connectivity index (χ3v) is 8.10. The Morgan fingerprint density at radius 3 is 2.50 bits per heavy atom. The average molecular weight is 576 g/mol. The lowest BCUT2D eigenvalue weighted by Crippen LogP contribution is -2.56. The molecule has 226 valence electrons. The molecule has 0 aliphatic carbocycles. The zero-order valence-electron chi connectivity index (χ0n) is 25.3. The van der Waals surface area contributed by atoms with Crippen molar-refractivity contribution in [3.8, 4) is 0 Å². The minimum Gasteiger partial charge on any atom is -0.460 e. The zero-order chi connectivity index (χ0) is 29.9. The van der Waals surface area contributed by atoms with E-state index in [-0.39, 0.29) is 36.2 Å². The fraction of sp³-hybridized carbons (Fsp3) is 0.529. The SMILES string of the molecule is CC[C@@H](N[C@H](CC(C)C)C(=O)N[C@H]1CC2C=[N+](CCCCCCNC1=O)c1ccccc12)C(=O)OCc1ccccc1. The van der Waals surface area contributed by atoms with Gasteiger partial charge in [-0.15, -0.1) is 0 Å². The Bertz CT molecular complexity index is 1230. The highest BCUT2D eigenvalue weighted by Crippen LogP contribution is 2.34. The predicted octanol–water partition coefficient (Wildman–Crippen LogP) is 4.59. The lowest BCUT2D eigenvalue weighted by molar-refractivity contribution is -0.433. The molecule has 2 aromatic rings. The molecule has 0 fully saturated rings. The number of rotatable bonds is 10. The van der Waals surface area contributed by atoms with Gasteiger partial charge in [0.15, 0.2) is 6.21 Å². The minimum absolute atomic E-state index is 0.0193. The van der Waals surface area contributed by atoms with Gasteiger partial charge in [0.2, 0.25) is 17.5 Å². The van der Waals surface area contributed by atoms with E-state index < -0.39 is 18.1 Å². The molecule has 8 nitrogen and oxygen atoms in total. The lowest BCUT2D eigenvalue weighted by atomic mass is 9.93. The van der Waals surface area contributed by atoms with Gasteiger partial charge >= 0.3 is 5.97 Å². The van der Waals surface area contributed by atoms with Crippen molar-refractivity contribution in [2.75, 3.05) is 13.1 Å². The third-order valence-electron chi connectivity index (χ3n) is 8.10. The molecule has 4 atom stereocenters. The fourth-order valence-corrected chi connectivity index (χ4v) is 5.82. The monoisotopic (exact) mass is 575 g/mol. The molecule has 8 heteroatoms. The number of para-hydroxylation sites is 1. The summed E-state index contributed by atoms with van der Waals surface area (Å²) >= 11 is 0. The highest BCUT2D eigenvalue weighted by Gasteiger charge is 2.36. The number of fused-ring (bicyclic) bond motifs is 4. The van der Waals surface area contributed by atoms with Crippen LogP contribution in [0.4, 0.5) is 5.69 Å². The van der Waals surface area contributed by atoms with Gasteiger partial charge in [-0.05, 0) is 43.6 Å². The summed E-state index contributed by atoms with van der Waals surface area (Å²) in [5.41, 5.74) is 3.28. The Morgan fingerprint density at radius 2 is 1.74 bits per heavy atom. The molecule has 3 N–H and O–H groups in total. The van der Waals surface area contributed by atoms with Gasteiger partial charge < -0.3 is 15.4 Å². The summed E-state index contributed by atoms with van der Waals surface area (Å²) in [4.78, 5) is 40.2. The van der Waals surface area contributed by atoms with E-state index in [1.165, 1.54) is 11.3 Å². The molecule has 1 unspecified atom stereocenters. The van der Waals surface area contributed by atoms with Crippen molar-refractivity contribution in [1.29, 1.82) is 0 Å². The van der Waals surface area contributed by atoms with E-state index in [9.17, 15) is 14.4 Å². The molecule has 0 radical (unpaired) electrons. The first-order valence-corrected chi connectivity index (χ1v) is 15.6. The van der Waals surface area contributed by atoms with Crippen molar-refractivity contribution in [2.24, 2.45) is 5.92 Å². The molecule has 0 saturated heterocycles. The van der Waals surface area contributed by atoms with Crippen molar-refractivity contribution in [3.63, 3.8) is 0 Å². The topological polar surface area (TPSA) is 99.5 Å². The van der Waals surface area contributed by atoms with Crippen molar-refractivity contribution < 1.29 is 23.7 Å². The Balaban J connectivity index is 1.48. The van der Waals surface area contributed by atoms with Crippen molar-refractivity contribution >= 4 is 29.7 Å². The molecule has 2 aliphatic rings. The quantitative estimate of drug-likeness (QED) is 0.284. The number of ether oxygens (including phenoxy) is 1. The number of hydrogen-bond acceptors (Lipinski definition) is 5. The Hall–Kier alpha value is -3.52. The normalized spacial score (nSPS) is 20.6. The first kappa shape index (κ1) is 31.4. The molecule has 2 aliphatic heterocycles. The van der Waals surface area contributed by atoms with Crippen LogP contribution in [0.15, 0.2) is 54.6 Å². The number of carbonyl (C=O) groups is 3. The highest BCUT2D eigenvalue weighted by molar-refractivity contribution is 5.91. The molecule has 2 heterocycles.